The van der Waals surface area contributed by atoms with E-state index in [1.165, 1.54) is 0 Å². The number of halogens is 1. The van der Waals surface area contributed by atoms with Crippen molar-refractivity contribution in [2.24, 2.45) is 0 Å². The second-order valence-electron chi connectivity index (χ2n) is 6.83. The van der Waals surface area contributed by atoms with Crippen molar-refractivity contribution in [3.63, 3.8) is 0 Å². The van der Waals surface area contributed by atoms with Crippen LogP contribution in [-0.4, -0.2) is 35.9 Å². The van der Waals surface area contributed by atoms with Gasteiger partial charge in [-0.2, -0.15) is 0 Å². The standard InChI is InChI=1S/C20H18ClN3O4/c1-12-6-7-13(10-15(12)21)22-17(25)11-24-18(26)20(23-19(24)27)8-9-28-16-5-3-2-4-14(16)20/h2-7,10H,8-9,11H2,1H3,(H,22,25)(H,23,27)/t20-/m1/s1. The lowest BCUT2D eigenvalue weighted by atomic mass is 9.84. The number of nitrogens with zero attached hydrogens (tertiary/aromatic N) is 1. The lowest BCUT2D eigenvalue weighted by Crippen LogP contribution is -2.48. The Balaban J connectivity index is 1.54. The van der Waals surface area contributed by atoms with E-state index in [0.29, 0.717) is 35.1 Å². The molecule has 0 unspecified atom stereocenters. The second-order valence-corrected chi connectivity index (χ2v) is 7.24. The van der Waals surface area contributed by atoms with Crippen LogP contribution in [0.25, 0.3) is 0 Å². The molecule has 2 aromatic carbocycles. The van der Waals surface area contributed by atoms with Crippen molar-refractivity contribution in [1.82, 2.24) is 10.2 Å². The minimum absolute atomic E-state index is 0.297. The van der Waals surface area contributed by atoms with Crippen molar-refractivity contribution >= 4 is 35.1 Å². The van der Waals surface area contributed by atoms with Crippen molar-refractivity contribution in [2.45, 2.75) is 18.9 Å². The van der Waals surface area contributed by atoms with Crippen molar-refractivity contribution in [3.8, 4) is 5.75 Å². The number of urea groups is 1. The molecule has 0 saturated carbocycles. The van der Waals surface area contributed by atoms with Crippen LogP contribution in [0.1, 0.15) is 17.5 Å². The summed E-state index contributed by atoms with van der Waals surface area (Å²) in [5.74, 6) is -0.380. The van der Waals surface area contributed by atoms with Gasteiger partial charge in [0.1, 0.15) is 12.3 Å². The van der Waals surface area contributed by atoms with Gasteiger partial charge in [0.05, 0.1) is 6.61 Å². The summed E-state index contributed by atoms with van der Waals surface area (Å²) in [7, 11) is 0. The van der Waals surface area contributed by atoms with Gasteiger partial charge in [0.2, 0.25) is 5.91 Å². The van der Waals surface area contributed by atoms with Crippen LogP contribution in [0.4, 0.5) is 10.5 Å². The van der Waals surface area contributed by atoms with Crippen molar-refractivity contribution in [3.05, 3.63) is 58.6 Å². The van der Waals surface area contributed by atoms with Crippen LogP contribution in [0.2, 0.25) is 5.02 Å². The zero-order valence-electron chi connectivity index (χ0n) is 15.1. The number of carbonyl (C=O) groups excluding carboxylic acids is 3. The third-order valence-electron chi connectivity index (χ3n) is 5.01. The molecule has 0 aromatic heterocycles. The third-order valence-corrected chi connectivity index (χ3v) is 5.42. The average molecular weight is 400 g/mol. The molecule has 0 radical (unpaired) electrons. The molecule has 1 spiro atoms. The zero-order chi connectivity index (χ0) is 19.9. The first-order valence-corrected chi connectivity index (χ1v) is 9.21. The number of amides is 4. The van der Waals surface area contributed by atoms with Gasteiger partial charge in [0.15, 0.2) is 5.54 Å². The Hall–Kier alpha value is -3.06. The number of benzene rings is 2. The normalized spacial score (nSPS) is 20.6. The van der Waals surface area contributed by atoms with Crippen LogP contribution in [0.15, 0.2) is 42.5 Å². The highest BCUT2D eigenvalue weighted by atomic mass is 35.5. The minimum atomic E-state index is -1.20. The fraction of sp³-hybridized carbons (Fsp3) is 0.250. The predicted octanol–water partition coefficient (Wildman–Crippen LogP) is 2.82. The Morgan fingerprint density at radius 1 is 1.29 bits per heavy atom. The SMILES string of the molecule is Cc1ccc(NC(=O)CN2C(=O)N[C@@]3(CCOc4ccccc43)C2=O)cc1Cl. The third kappa shape index (κ3) is 2.97. The number of hydrogen-bond acceptors (Lipinski definition) is 4. The first-order chi connectivity index (χ1) is 13.4. The number of imide groups is 1. The second kappa shape index (κ2) is 6.83. The molecule has 4 amide bonds. The van der Waals surface area contributed by atoms with Crippen LogP contribution in [0.3, 0.4) is 0 Å². The van der Waals surface area contributed by atoms with Crippen LogP contribution in [0.5, 0.6) is 5.75 Å². The summed E-state index contributed by atoms with van der Waals surface area (Å²) in [6, 6.07) is 11.6. The molecule has 8 heteroatoms. The molecule has 7 nitrogen and oxygen atoms in total. The van der Waals surface area contributed by atoms with E-state index in [1.807, 2.05) is 6.92 Å². The molecule has 2 heterocycles. The molecule has 2 aliphatic heterocycles. The first kappa shape index (κ1) is 18.3. The van der Waals surface area contributed by atoms with Crippen molar-refractivity contribution in [1.29, 1.82) is 0 Å². The maximum atomic E-state index is 13.1. The molecule has 0 aliphatic carbocycles. The topological polar surface area (TPSA) is 87.7 Å². The molecule has 2 aromatic rings. The van der Waals surface area contributed by atoms with Gasteiger partial charge in [0.25, 0.3) is 5.91 Å². The van der Waals surface area contributed by atoms with Gasteiger partial charge in [-0.15, -0.1) is 0 Å². The molecular weight excluding hydrogens is 382 g/mol. The smallest absolute Gasteiger partial charge is 0.325 e. The van der Waals surface area contributed by atoms with E-state index >= 15 is 0 Å². The van der Waals surface area contributed by atoms with E-state index in [1.54, 1.807) is 42.5 Å². The fourth-order valence-electron chi connectivity index (χ4n) is 3.53. The van der Waals surface area contributed by atoms with E-state index in [4.69, 9.17) is 16.3 Å². The summed E-state index contributed by atoms with van der Waals surface area (Å²) >= 11 is 6.07. The van der Waals surface area contributed by atoms with Gasteiger partial charge in [0, 0.05) is 22.7 Å². The number of hydrogen-bond donors (Lipinski definition) is 2. The number of ether oxygens (including phenoxy) is 1. The van der Waals surface area contributed by atoms with E-state index < -0.39 is 23.4 Å². The van der Waals surface area contributed by atoms with Crippen LogP contribution < -0.4 is 15.4 Å². The Kier molecular flexibility index (Phi) is 4.47. The molecule has 4 rings (SSSR count). The summed E-state index contributed by atoms with van der Waals surface area (Å²) < 4.78 is 5.60. The summed E-state index contributed by atoms with van der Waals surface area (Å²) in [6.45, 7) is 1.76. The molecule has 1 fully saturated rings. The molecule has 144 valence electrons. The quantitative estimate of drug-likeness (QED) is 0.777. The highest BCUT2D eigenvalue weighted by Gasteiger charge is 2.55. The van der Waals surface area contributed by atoms with E-state index in [-0.39, 0.29) is 6.54 Å². The van der Waals surface area contributed by atoms with Gasteiger partial charge >= 0.3 is 6.03 Å². The molecule has 28 heavy (non-hydrogen) atoms. The number of rotatable bonds is 3. The minimum Gasteiger partial charge on any atom is -0.493 e. The van der Waals surface area contributed by atoms with Gasteiger partial charge in [-0.1, -0.05) is 35.9 Å². The molecule has 1 atom stereocenters. The van der Waals surface area contributed by atoms with Gasteiger partial charge in [-0.25, -0.2) is 4.79 Å². The average Bonchev–Trinajstić information content (AvgIpc) is 2.90. The van der Waals surface area contributed by atoms with Gasteiger partial charge in [-0.05, 0) is 30.7 Å². The molecule has 2 N–H and O–H groups in total. The molecule has 0 bridgehead atoms. The molecular formula is C20H18ClN3O4. The highest BCUT2D eigenvalue weighted by molar-refractivity contribution is 6.31. The van der Waals surface area contributed by atoms with Gasteiger partial charge < -0.3 is 15.4 Å². The Morgan fingerprint density at radius 3 is 2.86 bits per heavy atom. The van der Waals surface area contributed by atoms with Crippen molar-refractivity contribution < 1.29 is 19.1 Å². The maximum absolute atomic E-state index is 13.1. The number of fused-ring (bicyclic) bond motifs is 2. The van der Waals surface area contributed by atoms with Crippen molar-refractivity contribution in [2.75, 3.05) is 18.5 Å². The summed E-state index contributed by atoms with van der Waals surface area (Å²) in [6.07, 6.45) is 0.306. The summed E-state index contributed by atoms with van der Waals surface area (Å²) in [4.78, 5) is 39.0. The maximum Gasteiger partial charge on any atom is 0.325 e. The van der Waals surface area contributed by atoms with Gasteiger partial charge in [-0.3, -0.25) is 14.5 Å². The van der Waals surface area contributed by atoms with E-state index in [0.717, 1.165) is 10.5 Å². The van der Waals surface area contributed by atoms with Crippen LogP contribution in [-0.2, 0) is 15.1 Å². The Bertz CT molecular complexity index is 993. The molecule has 2 aliphatic rings. The number of anilines is 1. The lowest BCUT2D eigenvalue weighted by Gasteiger charge is -2.33. The van der Waals surface area contributed by atoms with Crippen LogP contribution in [0, 0.1) is 6.92 Å². The predicted molar refractivity (Wildman–Crippen MR) is 103 cm³/mol. The van der Waals surface area contributed by atoms with E-state index in [9.17, 15) is 14.4 Å². The number of aryl methyl sites for hydroxylation is 1. The number of nitrogens with one attached hydrogen (secondary N) is 2. The fourth-order valence-corrected chi connectivity index (χ4v) is 3.71. The summed E-state index contributed by atoms with van der Waals surface area (Å²) in [5.41, 5.74) is 0.792. The van der Waals surface area contributed by atoms with E-state index in [2.05, 4.69) is 10.6 Å². The monoisotopic (exact) mass is 399 g/mol. The first-order valence-electron chi connectivity index (χ1n) is 8.83. The Morgan fingerprint density at radius 2 is 2.07 bits per heavy atom. The number of para-hydroxylation sites is 1. The number of carbonyl (C=O) groups is 3. The largest absolute Gasteiger partial charge is 0.493 e. The molecule has 1 saturated heterocycles. The zero-order valence-corrected chi connectivity index (χ0v) is 15.9. The van der Waals surface area contributed by atoms with Crippen LogP contribution >= 0.6 is 11.6 Å². The Labute approximate surface area is 166 Å². The highest BCUT2D eigenvalue weighted by Crippen LogP contribution is 2.40. The summed E-state index contributed by atoms with van der Waals surface area (Å²) in [5, 5.41) is 5.95. The lowest BCUT2D eigenvalue weighted by molar-refractivity contribution is -0.135.